The molecule has 0 atom stereocenters. The number of carbonyl (C=O) groups is 1. The zero-order chi connectivity index (χ0) is 11.3. The van der Waals surface area contributed by atoms with E-state index in [1.807, 2.05) is 32.0 Å². The predicted molar refractivity (Wildman–Crippen MR) is 64.9 cm³/mol. The lowest BCUT2D eigenvalue weighted by Crippen LogP contribution is -2.17. The number of benzene rings is 1. The molecular formula is C11H16N2OS. The Morgan fingerprint density at radius 2 is 2.20 bits per heavy atom. The summed E-state index contributed by atoms with van der Waals surface area (Å²) in [5, 5.41) is 5.44. The second-order valence-electron chi connectivity index (χ2n) is 2.96. The van der Waals surface area contributed by atoms with E-state index < -0.39 is 0 Å². The van der Waals surface area contributed by atoms with Gasteiger partial charge in [0.15, 0.2) is 0 Å². The molecule has 2 N–H and O–H groups in total. The van der Waals surface area contributed by atoms with Gasteiger partial charge < -0.3 is 4.90 Å². The summed E-state index contributed by atoms with van der Waals surface area (Å²) in [6.45, 7) is 4.79. The van der Waals surface area contributed by atoms with Gasteiger partial charge in [-0.3, -0.25) is 9.93 Å². The molecule has 15 heavy (non-hydrogen) atoms. The van der Waals surface area contributed by atoms with Gasteiger partial charge in [-0.05, 0) is 42.1 Å². The molecule has 1 amide bonds. The normalized spacial score (nSPS) is 12.9. The van der Waals surface area contributed by atoms with Gasteiger partial charge in [-0.25, -0.2) is 0 Å². The first kappa shape index (κ1) is 12.1. The molecule has 0 spiro atoms. The molecule has 1 aromatic carbocycles. The number of hydrogen-bond donors (Lipinski definition) is 1. The van der Waals surface area contributed by atoms with Crippen molar-refractivity contribution >= 4 is 24.0 Å². The Hall–Kier alpha value is -1.00. The Kier molecular flexibility index (Phi) is 4.65. The minimum atomic E-state index is 0.789. The van der Waals surface area contributed by atoms with Crippen molar-refractivity contribution in [2.24, 2.45) is 5.14 Å². The Balaban J connectivity index is 0.000000531. The highest BCUT2D eigenvalue weighted by Crippen LogP contribution is 2.29. The monoisotopic (exact) mass is 224 g/mol. The smallest absolute Gasteiger partial charge is 0.214 e. The largest absolute Gasteiger partial charge is 0.314 e. The Labute approximate surface area is 94.8 Å². The predicted octanol–water partition coefficient (Wildman–Crippen LogP) is 2.20. The second-order valence-corrected chi connectivity index (χ2v) is 3.66. The van der Waals surface area contributed by atoms with Crippen LogP contribution in [0.25, 0.3) is 0 Å². The highest BCUT2D eigenvalue weighted by Gasteiger charge is 2.17. The van der Waals surface area contributed by atoms with Crippen LogP contribution in [-0.4, -0.2) is 13.0 Å². The molecule has 3 nitrogen and oxygen atoms in total. The molecule has 0 radical (unpaired) electrons. The maximum Gasteiger partial charge on any atom is 0.214 e. The molecule has 0 unspecified atom stereocenters. The topological polar surface area (TPSA) is 46.3 Å². The fraction of sp³-hybridized carbons (Fsp3) is 0.364. The van der Waals surface area contributed by atoms with E-state index in [1.54, 1.807) is 4.90 Å². The second kappa shape index (κ2) is 5.78. The molecule has 0 saturated carbocycles. The van der Waals surface area contributed by atoms with Crippen LogP contribution >= 0.6 is 11.9 Å². The lowest BCUT2D eigenvalue weighted by molar-refractivity contribution is -0.107. The minimum Gasteiger partial charge on any atom is -0.314 e. The van der Waals surface area contributed by atoms with E-state index in [1.165, 1.54) is 17.5 Å². The van der Waals surface area contributed by atoms with Crippen molar-refractivity contribution in [3.63, 3.8) is 0 Å². The molecule has 4 heteroatoms. The Morgan fingerprint density at radius 3 is 2.80 bits per heavy atom. The average Bonchev–Trinajstić information content (AvgIpc) is 2.73. The maximum absolute atomic E-state index is 10.6. The van der Waals surface area contributed by atoms with Crippen LogP contribution < -0.4 is 10.0 Å². The van der Waals surface area contributed by atoms with Crippen molar-refractivity contribution in [3.8, 4) is 0 Å². The molecule has 1 aromatic rings. The molecule has 1 aliphatic rings. The van der Waals surface area contributed by atoms with Gasteiger partial charge in [0.25, 0.3) is 0 Å². The minimum absolute atomic E-state index is 0.789. The average molecular weight is 224 g/mol. The molecule has 1 aliphatic heterocycles. The molecular weight excluding hydrogens is 208 g/mol. The zero-order valence-corrected chi connectivity index (χ0v) is 9.88. The molecule has 2 rings (SSSR count). The molecule has 0 bridgehead atoms. The number of fused-ring (bicyclic) bond motifs is 1. The first-order valence-corrected chi connectivity index (χ1v) is 5.94. The van der Waals surface area contributed by atoms with Crippen LogP contribution in [0.4, 0.5) is 5.69 Å². The van der Waals surface area contributed by atoms with Gasteiger partial charge in [-0.15, -0.1) is 0 Å². The standard InChI is InChI=1S/C9H10N2OS.C2H6/c10-13-8-1-2-9-7(5-8)3-4-11(9)6-12;1-2/h1-2,5-6H,3-4,10H2;1-2H3. The summed E-state index contributed by atoms with van der Waals surface area (Å²) in [5.41, 5.74) is 2.23. The number of anilines is 1. The third kappa shape index (κ3) is 2.52. The summed E-state index contributed by atoms with van der Waals surface area (Å²) in [5.74, 6) is 0. The van der Waals surface area contributed by atoms with E-state index in [0.29, 0.717) is 0 Å². The van der Waals surface area contributed by atoms with Crippen LogP contribution in [0, 0.1) is 0 Å². The van der Waals surface area contributed by atoms with E-state index in [9.17, 15) is 4.79 Å². The van der Waals surface area contributed by atoms with Crippen molar-refractivity contribution < 1.29 is 4.79 Å². The van der Waals surface area contributed by atoms with E-state index in [-0.39, 0.29) is 0 Å². The Bertz CT molecular complexity index is 341. The highest BCUT2D eigenvalue weighted by molar-refractivity contribution is 7.97. The van der Waals surface area contributed by atoms with E-state index in [0.717, 1.165) is 30.0 Å². The van der Waals surface area contributed by atoms with Gasteiger partial charge in [0.1, 0.15) is 0 Å². The summed E-state index contributed by atoms with van der Waals surface area (Å²) in [6, 6.07) is 5.93. The fourth-order valence-electron chi connectivity index (χ4n) is 1.59. The van der Waals surface area contributed by atoms with Gasteiger partial charge in [0.05, 0.1) is 0 Å². The van der Waals surface area contributed by atoms with Crippen molar-refractivity contribution in [2.75, 3.05) is 11.4 Å². The number of carbonyl (C=O) groups excluding carboxylic acids is 1. The molecule has 0 saturated heterocycles. The lowest BCUT2D eigenvalue weighted by atomic mass is 10.2. The molecule has 0 fully saturated rings. The summed E-state index contributed by atoms with van der Waals surface area (Å²) in [6.07, 6.45) is 1.81. The summed E-state index contributed by atoms with van der Waals surface area (Å²) < 4.78 is 0. The molecule has 0 aromatic heterocycles. The van der Waals surface area contributed by atoms with Crippen LogP contribution in [0.3, 0.4) is 0 Å². The van der Waals surface area contributed by atoms with Crippen LogP contribution in [0.15, 0.2) is 23.1 Å². The SMILES string of the molecule is CC.NSc1ccc2c(c1)CCN2C=O. The Morgan fingerprint density at radius 1 is 1.47 bits per heavy atom. The third-order valence-electron chi connectivity index (χ3n) is 2.25. The van der Waals surface area contributed by atoms with Crippen molar-refractivity contribution in [3.05, 3.63) is 23.8 Å². The van der Waals surface area contributed by atoms with Crippen LogP contribution in [0.5, 0.6) is 0 Å². The third-order valence-corrected chi connectivity index (χ3v) is 2.77. The lowest BCUT2D eigenvalue weighted by Gasteiger charge is -2.09. The van der Waals surface area contributed by atoms with Crippen molar-refractivity contribution in [1.29, 1.82) is 0 Å². The quantitative estimate of drug-likeness (QED) is 0.619. The summed E-state index contributed by atoms with van der Waals surface area (Å²) >= 11 is 1.24. The van der Waals surface area contributed by atoms with E-state index in [2.05, 4.69) is 0 Å². The summed E-state index contributed by atoms with van der Waals surface area (Å²) in [4.78, 5) is 13.4. The van der Waals surface area contributed by atoms with Gasteiger partial charge in [-0.2, -0.15) is 0 Å². The molecule has 0 aliphatic carbocycles. The number of nitrogens with zero attached hydrogens (tertiary/aromatic N) is 1. The van der Waals surface area contributed by atoms with Crippen molar-refractivity contribution in [1.82, 2.24) is 0 Å². The van der Waals surface area contributed by atoms with Gasteiger partial charge in [0, 0.05) is 17.1 Å². The van der Waals surface area contributed by atoms with Crippen LogP contribution in [0.2, 0.25) is 0 Å². The van der Waals surface area contributed by atoms with Gasteiger partial charge >= 0.3 is 0 Å². The number of rotatable bonds is 2. The van der Waals surface area contributed by atoms with Gasteiger partial charge in [0.2, 0.25) is 6.41 Å². The zero-order valence-electron chi connectivity index (χ0n) is 9.06. The first-order chi connectivity index (χ1) is 7.35. The number of nitrogens with two attached hydrogens (primary N) is 1. The molecule has 1 heterocycles. The highest BCUT2D eigenvalue weighted by atomic mass is 32.2. The van der Waals surface area contributed by atoms with Gasteiger partial charge in [-0.1, -0.05) is 13.8 Å². The fourth-order valence-corrected chi connectivity index (χ4v) is 1.94. The molecule has 82 valence electrons. The van der Waals surface area contributed by atoms with Crippen LogP contribution in [-0.2, 0) is 11.2 Å². The van der Waals surface area contributed by atoms with Crippen molar-refractivity contribution in [2.45, 2.75) is 25.2 Å². The number of amides is 1. The van der Waals surface area contributed by atoms with E-state index in [4.69, 9.17) is 5.14 Å². The maximum atomic E-state index is 10.6. The van der Waals surface area contributed by atoms with Crippen LogP contribution in [0.1, 0.15) is 19.4 Å². The number of hydrogen-bond acceptors (Lipinski definition) is 3. The first-order valence-electron chi connectivity index (χ1n) is 5.07. The summed E-state index contributed by atoms with van der Waals surface area (Å²) in [7, 11) is 0. The van der Waals surface area contributed by atoms with E-state index >= 15 is 0 Å².